The van der Waals surface area contributed by atoms with Crippen LogP contribution in [0.1, 0.15) is 19.0 Å². The molecule has 1 atom stereocenters. The van der Waals surface area contributed by atoms with Gasteiger partial charge in [-0.05, 0) is 6.92 Å². The van der Waals surface area contributed by atoms with Gasteiger partial charge in [-0.25, -0.2) is 4.98 Å². The summed E-state index contributed by atoms with van der Waals surface area (Å²) >= 11 is 0. The summed E-state index contributed by atoms with van der Waals surface area (Å²) in [5, 5.41) is 16.4. The Balaban J connectivity index is 2.57. The Morgan fingerprint density at radius 3 is 3.09 bits per heavy atom. The Morgan fingerprint density at radius 1 is 1.91 bits per heavy atom. The summed E-state index contributed by atoms with van der Waals surface area (Å²) in [4.78, 5) is 6.57. The molecule has 0 amide bonds. The van der Waals surface area contributed by atoms with Crippen molar-refractivity contribution in [2.75, 3.05) is 0 Å². The number of rotatable bonds is 3. The second-order valence-electron chi connectivity index (χ2n) is 2.50. The lowest BCUT2D eigenvalue weighted by Gasteiger charge is -2.02. The molecule has 60 valence electrons. The van der Waals surface area contributed by atoms with Crippen molar-refractivity contribution in [2.45, 2.75) is 19.4 Å². The Kier molecular flexibility index (Phi) is 2.38. The van der Waals surface area contributed by atoms with Gasteiger partial charge in [0.05, 0.1) is 30.0 Å². The van der Waals surface area contributed by atoms with Gasteiger partial charge >= 0.3 is 0 Å². The number of aromatic amines is 1. The number of hydrogen-bond acceptors (Lipinski definition) is 3. The molecule has 0 aliphatic rings. The van der Waals surface area contributed by atoms with Crippen LogP contribution >= 0.6 is 0 Å². The molecule has 0 aromatic carbocycles. The molecule has 1 rings (SSSR count). The fraction of sp³-hybridized carbons (Fsp3) is 0.429. The van der Waals surface area contributed by atoms with Gasteiger partial charge in [-0.15, -0.1) is 0 Å². The first-order valence-corrected chi connectivity index (χ1v) is 3.44. The third kappa shape index (κ3) is 2.16. The molecule has 3 N–H and O–H groups in total. The van der Waals surface area contributed by atoms with E-state index in [4.69, 9.17) is 10.5 Å². The van der Waals surface area contributed by atoms with Crippen LogP contribution in [0.2, 0.25) is 0 Å². The number of aliphatic hydroxyl groups excluding tert-OH is 1. The van der Waals surface area contributed by atoms with Gasteiger partial charge in [0.1, 0.15) is 0 Å². The standard InChI is InChI=1S/C7H11N3O/c1-5(11)2-6(8)7-3-9-4-10-7/h3-5,8,11H,2H2,1H3,(H,9,10)/t5-/m1/s1. The lowest BCUT2D eigenvalue weighted by molar-refractivity contribution is 0.203. The molecule has 1 aromatic rings. The van der Waals surface area contributed by atoms with Crippen molar-refractivity contribution in [1.29, 1.82) is 5.41 Å². The van der Waals surface area contributed by atoms with Crippen molar-refractivity contribution in [3.8, 4) is 0 Å². The van der Waals surface area contributed by atoms with Crippen LogP contribution in [0.15, 0.2) is 12.5 Å². The van der Waals surface area contributed by atoms with E-state index in [1.807, 2.05) is 0 Å². The Labute approximate surface area is 64.8 Å². The average Bonchev–Trinajstić information content (AvgIpc) is 2.35. The summed E-state index contributed by atoms with van der Waals surface area (Å²) in [5.41, 5.74) is 1.06. The largest absolute Gasteiger partial charge is 0.393 e. The van der Waals surface area contributed by atoms with Crippen LogP contribution in [-0.4, -0.2) is 26.9 Å². The van der Waals surface area contributed by atoms with E-state index in [0.717, 1.165) is 0 Å². The highest BCUT2D eigenvalue weighted by Crippen LogP contribution is 2.00. The van der Waals surface area contributed by atoms with Crippen molar-refractivity contribution in [3.05, 3.63) is 18.2 Å². The van der Waals surface area contributed by atoms with Gasteiger partial charge in [-0.2, -0.15) is 0 Å². The van der Waals surface area contributed by atoms with Crippen molar-refractivity contribution in [1.82, 2.24) is 9.97 Å². The lowest BCUT2D eigenvalue weighted by atomic mass is 10.1. The number of nitrogens with one attached hydrogen (secondary N) is 2. The van der Waals surface area contributed by atoms with Crippen LogP contribution < -0.4 is 0 Å². The molecule has 0 bridgehead atoms. The zero-order chi connectivity index (χ0) is 8.27. The number of H-pyrrole nitrogens is 1. The molecule has 0 aliphatic carbocycles. The minimum absolute atomic E-state index is 0.363. The molecule has 0 radical (unpaired) electrons. The summed E-state index contributed by atoms with van der Waals surface area (Å²) < 4.78 is 0. The molecular weight excluding hydrogens is 142 g/mol. The van der Waals surface area contributed by atoms with E-state index in [2.05, 4.69) is 9.97 Å². The Hall–Kier alpha value is -1.16. The van der Waals surface area contributed by atoms with E-state index in [1.165, 1.54) is 6.33 Å². The second-order valence-corrected chi connectivity index (χ2v) is 2.50. The third-order valence-electron chi connectivity index (χ3n) is 1.32. The van der Waals surface area contributed by atoms with E-state index in [-0.39, 0.29) is 0 Å². The minimum atomic E-state index is -0.467. The monoisotopic (exact) mass is 153 g/mol. The molecule has 0 spiro atoms. The van der Waals surface area contributed by atoms with Crippen molar-refractivity contribution in [3.63, 3.8) is 0 Å². The molecule has 11 heavy (non-hydrogen) atoms. The fourth-order valence-corrected chi connectivity index (χ4v) is 0.826. The minimum Gasteiger partial charge on any atom is -0.393 e. The first kappa shape index (κ1) is 7.94. The normalized spacial score (nSPS) is 12.9. The van der Waals surface area contributed by atoms with E-state index < -0.39 is 6.10 Å². The van der Waals surface area contributed by atoms with Crippen LogP contribution in [-0.2, 0) is 0 Å². The SMILES string of the molecule is C[C@@H](O)CC(=N)c1cnc[nH]1. The average molecular weight is 153 g/mol. The zero-order valence-electron chi connectivity index (χ0n) is 6.33. The number of hydrogen-bond donors (Lipinski definition) is 3. The number of nitrogens with zero attached hydrogens (tertiary/aromatic N) is 1. The maximum absolute atomic E-state index is 8.95. The van der Waals surface area contributed by atoms with Crippen LogP contribution in [0, 0.1) is 5.41 Å². The molecule has 4 heteroatoms. The summed E-state index contributed by atoms with van der Waals surface area (Å²) in [7, 11) is 0. The first-order valence-electron chi connectivity index (χ1n) is 3.44. The van der Waals surface area contributed by atoms with Gasteiger partial charge in [0.15, 0.2) is 0 Å². The van der Waals surface area contributed by atoms with Gasteiger partial charge in [0.2, 0.25) is 0 Å². The molecule has 0 aliphatic heterocycles. The second kappa shape index (κ2) is 3.30. The maximum atomic E-state index is 8.95. The molecule has 0 unspecified atom stereocenters. The van der Waals surface area contributed by atoms with E-state index >= 15 is 0 Å². The van der Waals surface area contributed by atoms with Crippen LogP contribution in [0.25, 0.3) is 0 Å². The molecule has 0 saturated heterocycles. The van der Waals surface area contributed by atoms with Gasteiger partial charge in [-0.3, -0.25) is 0 Å². The maximum Gasteiger partial charge on any atom is 0.0924 e. The van der Waals surface area contributed by atoms with Crippen LogP contribution in [0.3, 0.4) is 0 Å². The lowest BCUT2D eigenvalue weighted by Crippen LogP contribution is -2.09. The topological polar surface area (TPSA) is 72.8 Å². The van der Waals surface area contributed by atoms with Crippen molar-refractivity contribution < 1.29 is 5.11 Å². The quantitative estimate of drug-likeness (QED) is 0.555. The summed E-state index contributed by atoms with van der Waals surface area (Å²) in [5.74, 6) is 0. The molecule has 0 saturated carbocycles. The zero-order valence-corrected chi connectivity index (χ0v) is 6.33. The van der Waals surface area contributed by atoms with Crippen LogP contribution in [0.5, 0.6) is 0 Å². The van der Waals surface area contributed by atoms with E-state index in [0.29, 0.717) is 17.8 Å². The Bertz CT molecular complexity index is 228. The number of aromatic nitrogens is 2. The van der Waals surface area contributed by atoms with Gasteiger partial charge in [-0.1, -0.05) is 0 Å². The summed E-state index contributed by atoms with van der Waals surface area (Å²) in [6.45, 7) is 1.66. The smallest absolute Gasteiger partial charge is 0.0924 e. The third-order valence-corrected chi connectivity index (χ3v) is 1.32. The number of aliphatic hydroxyl groups is 1. The molecular formula is C7H11N3O. The van der Waals surface area contributed by atoms with Gasteiger partial charge < -0.3 is 15.5 Å². The highest BCUT2D eigenvalue weighted by Gasteiger charge is 2.05. The highest BCUT2D eigenvalue weighted by molar-refractivity contribution is 5.96. The molecule has 0 fully saturated rings. The summed E-state index contributed by atoms with van der Waals surface area (Å²) in [6.07, 6.45) is 2.99. The summed E-state index contributed by atoms with van der Waals surface area (Å²) in [6, 6.07) is 0. The molecule has 4 nitrogen and oxygen atoms in total. The highest BCUT2D eigenvalue weighted by atomic mass is 16.3. The van der Waals surface area contributed by atoms with Gasteiger partial charge in [0.25, 0.3) is 0 Å². The molecule has 1 heterocycles. The van der Waals surface area contributed by atoms with E-state index in [1.54, 1.807) is 13.1 Å². The predicted octanol–water partition coefficient (Wildman–Crippen LogP) is 0.548. The predicted molar refractivity (Wildman–Crippen MR) is 41.7 cm³/mol. The first-order chi connectivity index (χ1) is 5.20. The van der Waals surface area contributed by atoms with Gasteiger partial charge in [0, 0.05) is 6.42 Å². The fourth-order valence-electron chi connectivity index (χ4n) is 0.826. The van der Waals surface area contributed by atoms with E-state index in [9.17, 15) is 0 Å². The Morgan fingerprint density at radius 2 is 2.64 bits per heavy atom. The van der Waals surface area contributed by atoms with Crippen molar-refractivity contribution in [2.24, 2.45) is 0 Å². The van der Waals surface area contributed by atoms with Crippen LogP contribution in [0.4, 0.5) is 0 Å². The molecule has 1 aromatic heterocycles. The number of imidazole rings is 1. The van der Waals surface area contributed by atoms with Crippen molar-refractivity contribution >= 4 is 5.71 Å².